The van der Waals surface area contributed by atoms with E-state index in [1.807, 2.05) is 10.6 Å². The van der Waals surface area contributed by atoms with Gasteiger partial charge in [0.25, 0.3) is 52.3 Å². The molecule has 0 bridgehead atoms. The van der Waals surface area contributed by atoms with Crippen molar-refractivity contribution in [3.8, 4) is 11.5 Å². The van der Waals surface area contributed by atoms with Gasteiger partial charge >= 0.3 is 124 Å². The van der Waals surface area contributed by atoms with E-state index in [0.29, 0.717) is 0 Å². The van der Waals surface area contributed by atoms with Gasteiger partial charge in [-0.2, -0.15) is 33.7 Å². The van der Waals surface area contributed by atoms with E-state index >= 15 is 0 Å². The minimum atomic E-state index is -4.87. The van der Waals surface area contributed by atoms with Crippen molar-refractivity contribution in [3.05, 3.63) is 107 Å². The predicted octanol–water partition coefficient (Wildman–Crippen LogP) is 2.18. The van der Waals surface area contributed by atoms with Crippen LogP contribution in [-0.2, 0) is 40.5 Å². The SMILES string of the molecule is Cc1cc(Nc2cc(S(=O)(=O)O)cc3cc(S(=O)(=O)O)cc(O)c23)ccc1C(=O)NC(=O)NC(=O)c1ccc(Nc2cc(S(=O)(=O)O)cc3cc(S(=O)(=O)O)cc(O)c23)cc1C.[NaH].[NaH].[NaH].[NaH]. The van der Waals surface area contributed by atoms with Crippen LogP contribution in [0.1, 0.15) is 31.8 Å². The molecule has 0 unspecified atom stereocenters. The average molecular weight is 1030 g/mol. The molecule has 66 heavy (non-hydrogen) atoms. The van der Waals surface area contributed by atoms with Gasteiger partial charge in [0.05, 0.1) is 31.0 Å². The van der Waals surface area contributed by atoms with Crippen molar-refractivity contribution in [1.29, 1.82) is 0 Å². The molecule has 0 aromatic heterocycles. The number of hydrogen-bond donors (Lipinski definition) is 10. The van der Waals surface area contributed by atoms with Gasteiger partial charge in [0.15, 0.2) is 0 Å². The summed E-state index contributed by atoms with van der Waals surface area (Å²) in [5.41, 5.74) is 0.434. The molecule has 0 saturated carbocycles. The Morgan fingerprint density at radius 2 is 0.727 bits per heavy atom. The summed E-state index contributed by atoms with van der Waals surface area (Å²) in [7, 11) is -19.4. The van der Waals surface area contributed by atoms with E-state index in [-0.39, 0.29) is 185 Å². The second kappa shape index (κ2) is 22.4. The minimum absolute atomic E-state index is 0. The summed E-state index contributed by atoms with van der Waals surface area (Å²) in [5, 5.41) is 30.3. The van der Waals surface area contributed by atoms with Crippen molar-refractivity contribution in [2.75, 3.05) is 10.6 Å². The van der Waals surface area contributed by atoms with E-state index < -0.39 is 89.4 Å². The summed E-state index contributed by atoms with van der Waals surface area (Å²) in [6, 6.07) is 13.5. The number of carbonyl (C=O) groups is 3. The van der Waals surface area contributed by atoms with Crippen molar-refractivity contribution in [2.24, 2.45) is 0 Å². The van der Waals surface area contributed by atoms with E-state index in [4.69, 9.17) is 0 Å². The quantitative estimate of drug-likeness (QED) is 0.0694. The monoisotopic (exact) mass is 1030 g/mol. The topological polar surface area (TPSA) is 357 Å². The van der Waals surface area contributed by atoms with Crippen LogP contribution in [0.2, 0.25) is 0 Å². The number of urea groups is 1. The molecule has 29 heteroatoms. The number of aromatic hydroxyl groups is 2. The van der Waals surface area contributed by atoms with Crippen molar-refractivity contribution >= 4 is 221 Å². The fourth-order valence-electron chi connectivity index (χ4n) is 6.35. The molecule has 4 amide bonds. The van der Waals surface area contributed by atoms with Gasteiger partial charge in [-0.05, 0) is 109 Å². The summed E-state index contributed by atoms with van der Waals surface area (Å²) in [6.07, 6.45) is 0. The zero-order valence-electron chi connectivity index (χ0n) is 31.4. The third kappa shape index (κ3) is 13.7. The third-order valence-corrected chi connectivity index (χ3v) is 12.4. The molecule has 0 aliphatic carbocycles. The van der Waals surface area contributed by atoms with E-state index in [0.717, 1.165) is 48.5 Å². The molecule has 0 aliphatic heterocycles. The number of aryl methyl sites for hydroxylation is 2. The van der Waals surface area contributed by atoms with Crippen LogP contribution >= 0.6 is 0 Å². The van der Waals surface area contributed by atoms with E-state index in [9.17, 15) is 76.5 Å². The molecule has 6 aromatic carbocycles. The second-order valence-corrected chi connectivity index (χ2v) is 19.2. The van der Waals surface area contributed by atoms with E-state index in [1.165, 1.54) is 50.2 Å². The Balaban J connectivity index is 0.00000374. The Hall–Kier alpha value is -2.71. The predicted molar refractivity (Wildman–Crippen MR) is 248 cm³/mol. The van der Waals surface area contributed by atoms with Crippen LogP contribution in [0.4, 0.5) is 27.5 Å². The number of amides is 4. The van der Waals surface area contributed by atoms with E-state index in [2.05, 4.69) is 10.6 Å². The molecular weight excluding hydrogens is 993 g/mol. The number of hydrogen-bond acceptors (Lipinski definition) is 15. The molecular formula is C37H34N4Na4O17S4. The van der Waals surface area contributed by atoms with Gasteiger partial charge < -0.3 is 20.8 Å². The maximum absolute atomic E-state index is 13.1. The maximum atomic E-state index is 13.1. The fourth-order valence-corrected chi connectivity index (χ4v) is 8.50. The molecule has 6 aromatic rings. The molecule has 0 saturated heterocycles. The van der Waals surface area contributed by atoms with Crippen LogP contribution in [0.3, 0.4) is 0 Å². The van der Waals surface area contributed by atoms with Crippen molar-refractivity contribution in [2.45, 2.75) is 33.4 Å². The first-order valence-corrected chi connectivity index (χ1v) is 22.8. The first kappa shape index (κ1) is 59.4. The van der Waals surface area contributed by atoms with Crippen LogP contribution in [0.25, 0.3) is 21.5 Å². The number of phenolic OH excluding ortho intramolecular Hbond substituents is 2. The van der Waals surface area contributed by atoms with Crippen LogP contribution in [0, 0.1) is 13.8 Å². The second-order valence-electron chi connectivity index (χ2n) is 13.5. The van der Waals surface area contributed by atoms with Crippen molar-refractivity contribution in [1.82, 2.24) is 10.6 Å². The van der Waals surface area contributed by atoms with Gasteiger partial charge in [-0.1, -0.05) is 0 Å². The average Bonchev–Trinajstić information content (AvgIpc) is 3.12. The number of carbonyl (C=O) groups excluding carboxylic acids is 3. The third-order valence-electron chi connectivity index (χ3n) is 9.10. The number of phenols is 2. The summed E-state index contributed by atoms with van der Waals surface area (Å²) in [6.45, 7) is 2.93. The zero-order valence-corrected chi connectivity index (χ0v) is 34.7. The molecule has 0 fully saturated rings. The number of benzene rings is 6. The van der Waals surface area contributed by atoms with Gasteiger partial charge in [-0.15, -0.1) is 0 Å². The zero-order chi connectivity index (χ0) is 45.9. The molecule has 0 radical (unpaired) electrons. The van der Waals surface area contributed by atoms with Crippen molar-refractivity contribution < 1.29 is 76.5 Å². The summed E-state index contributed by atoms with van der Waals surface area (Å²) in [5.74, 6) is -3.29. The molecule has 0 atom stereocenters. The first-order valence-electron chi connectivity index (χ1n) is 17.0. The Morgan fingerprint density at radius 3 is 1.00 bits per heavy atom. The van der Waals surface area contributed by atoms with Gasteiger partial charge in [0, 0.05) is 45.4 Å². The van der Waals surface area contributed by atoms with Crippen LogP contribution in [0.15, 0.2) is 105 Å². The molecule has 0 heterocycles. The van der Waals surface area contributed by atoms with Gasteiger partial charge in [-0.25, -0.2) is 4.79 Å². The number of rotatable bonds is 10. The molecule has 21 nitrogen and oxygen atoms in total. The van der Waals surface area contributed by atoms with E-state index in [1.54, 1.807) is 0 Å². The molecule has 332 valence electrons. The summed E-state index contributed by atoms with van der Waals surface area (Å²) < 4.78 is 133. The Bertz CT molecular complexity index is 3200. The number of fused-ring (bicyclic) bond motifs is 2. The molecule has 0 spiro atoms. The molecule has 6 rings (SSSR count). The fraction of sp³-hybridized carbons (Fsp3) is 0.0541. The van der Waals surface area contributed by atoms with Gasteiger partial charge in [-0.3, -0.25) is 38.4 Å². The number of imide groups is 2. The summed E-state index contributed by atoms with van der Waals surface area (Å²) in [4.78, 5) is 36.0. The van der Waals surface area contributed by atoms with Gasteiger partial charge in [0.1, 0.15) is 11.5 Å². The Labute approximate surface area is 464 Å². The number of nitrogens with one attached hydrogen (secondary N) is 4. The van der Waals surface area contributed by atoms with Crippen molar-refractivity contribution in [3.63, 3.8) is 0 Å². The van der Waals surface area contributed by atoms with Gasteiger partial charge in [0.2, 0.25) is 0 Å². The Kier molecular flexibility index (Phi) is 20.1. The molecule has 10 N–H and O–H groups in total. The summed E-state index contributed by atoms with van der Waals surface area (Å²) >= 11 is 0. The Morgan fingerprint density at radius 1 is 0.439 bits per heavy atom. The number of anilines is 4. The first-order chi connectivity index (χ1) is 28.6. The normalized spacial score (nSPS) is 11.5. The van der Waals surface area contributed by atoms with Crippen LogP contribution < -0.4 is 21.3 Å². The van der Waals surface area contributed by atoms with Crippen LogP contribution in [0.5, 0.6) is 11.5 Å². The standard InChI is InChI=1S/C37H30N4O17S4.4Na.4H/c1-17-7-21(38-29-13-23(59(47,48)49)9-19-11-25(61(53,54)55)15-31(42)33(19)29)3-5-27(17)35(44)40-37(46)41-36(45)28-6-4-22(8-18(28)2)39-30-14-24(60(50,51)52)10-20-12-26(62(56,57)58)16-32(43)34(20)30;;;;;;;;/h3-16,38-39,42-43H,1-2H3,(H,47,48,49)(H,50,51,52)(H,53,54,55)(H,56,57,58)(H2,40,41,44,45,46);;;;;;;;. The van der Waals surface area contributed by atoms with Crippen LogP contribution in [-0.4, -0.2) is 198 Å². The molecule has 0 aliphatic rings.